The zero-order valence-electron chi connectivity index (χ0n) is 11.6. The topological polar surface area (TPSA) is 40.6 Å². The number of piperazine rings is 1. The first-order valence-corrected chi connectivity index (χ1v) is 9.36. The monoisotopic (exact) mass is 360 g/mol. The molecule has 2 aromatic rings. The van der Waals surface area contributed by atoms with Gasteiger partial charge in [-0.05, 0) is 36.4 Å². The van der Waals surface area contributed by atoms with E-state index in [1.807, 2.05) is 4.90 Å². The van der Waals surface area contributed by atoms with Gasteiger partial charge in [0.25, 0.3) is 10.0 Å². The van der Waals surface area contributed by atoms with Crippen molar-refractivity contribution in [2.45, 2.75) is 4.21 Å². The molecule has 0 atom stereocenters. The summed E-state index contributed by atoms with van der Waals surface area (Å²) in [6.45, 7) is 1.94. The lowest BCUT2D eigenvalue weighted by Gasteiger charge is -2.35. The number of rotatable bonds is 3. The minimum Gasteiger partial charge on any atom is -0.369 e. The second-order valence-corrected chi connectivity index (χ2v) is 8.81. The van der Waals surface area contributed by atoms with Gasteiger partial charge in [-0.15, -0.1) is 11.3 Å². The number of benzene rings is 1. The van der Waals surface area contributed by atoms with Crippen molar-refractivity contribution in [1.29, 1.82) is 0 Å². The van der Waals surface area contributed by atoms with Crippen molar-refractivity contribution in [3.63, 3.8) is 0 Å². The van der Waals surface area contributed by atoms with Crippen LogP contribution in [0.1, 0.15) is 0 Å². The van der Waals surface area contributed by atoms with Gasteiger partial charge in [0, 0.05) is 31.9 Å². The number of hydrogen-bond acceptors (Lipinski definition) is 4. The summed E-state index contributed by atoms with van der Waals surface area (Å²) < 4.78 is 40.1. The lowest BCUT2D eigenvalue weighted by molar-refractivity contribution is 0.386. The fourth-order valence-corrected chi connectivity index (χ4v) is 5.46. The summed E-state index contributed by atoms with van der Waals surface area (Å²) in [7, 11) is -3.47. The first kappa shape index (κ1) is 15.7. The van der Waals surface area contributed by atoms with Crippen molar-refractivity contribution in [2.75, 3.05) is 31.1 Å². The molecule has 2 heterocycles. The first-order valence-electron chi connectivity index (χ1n) is 6.73. The van der Waals surface area contributed by atoms with Crippen molar-refractivity contribution in [1.82, 2.24) is 4.31 Å². The Labute approximate surface area is 137 Å². The molecule has 4 nitrogen and oxygen atoms in total. The van der Waals surface area contributed by atoms with E-state index >= 15 is 0 Å². The standard InChI is InChI=1S/C14H14ClFN2O2S2/c15-13-5-6-14(21-13)22(19,20)18-9-7-17(8-10-18)12-3-1-11(16)2-4-12/h1-6H,7-10H2. The van der Waals surface area contributed by atoms with Gasteiger partial charge < -0.3 is 4.90 Å². The van der Waals surface area contributed by atoms with Crippen LogP contribution in [0.5, 0.6) is 0 Å². The van der Waals surface area contributed by atoms with Gasteiger partial charge in [0.1, 0.15) is 10.0 Å². The fourth-order valence-electron chi connectivity index (χ4n) is 2.40. The Balaban J connectivity index is 1.70. The van der Waals surface area contributed by atoms with E-state index in [0.29, 0.717) is 30.5 Å². The molecule has 3 rings (SSSR count). The van der Waals surface area contributed by atoms with Crippen LogP contribution < -0.4 is 4.90 Å². The Hall–Kier alpha value is -1.15. The quantitative estimate of drug-likeness (QED) is 0.844. The maximum absolute atomic E-state index is 12.9. The average molecular weight is 361 g/mol. The van der Waals surface area contributed by atoms with Gasteiger partial charge in [0.15, 0.2) is 0 Å². The Morgan fingerprint density at radius 3 is 2.18 bits per heavy atom. The third-order valence-corrected chi connectivity index (χ3v) is 7.17. The van der Waals surface area contributed by atoms with Crippen molar-refractivity contribution >= 4 is 38.6 Å². The van der Waals surface area contributed by atoms with Gasteiger partial charge in [0.2, 0.25) is 0 Å². The third kappa shape index (κ3) is 3.12. The van der Waals surface area contributed by atoms with Crippen LogP contribution in [0.25, 0.3) is 0 Å². The molecule has 1 aliphatic heterocycles. The summed E-state index contributed by atoms with van der Waals surface area (Å²) in [5, 5.41) is 0. The number of nitrogens with zero attached hydrogens (tertiary/aromatic N) is 2. The number of thiophene rings is 1. The average Bonchev–Trinajstić information content (AvgIpc) is 2.96. The normalized spacial score (nSPS) is 16.9. The minimum atomic E-state index is -3.47. The van der Waals surface area contributed by atoms with E-state index in [9.17, 15) is 12.8 Å². The molecule has 0 spiro atoms. The van der Waals surface area contributed by atoms with Gasteiger partial charge in [-0.1, -0.05) is 11.6 Å². The van der Waals surface area contributed by atoms with E-state index in [-0.39, 0.29) is 10.0 Å². The van der Waals surface area contributed by atoms with Gasteiger partial charge >= 0.3 is 0 Å². The molecule has 1 aromatic carbocycles. The van der Waals surface area contributed by atoms with E-state index in [1.54, 1.807) is 18.2 Å². The van der Waals surface area contributed by atoms with E-state index in [0.717, 1.165) is 17.0 Å². The second kappa shape index (κ2) is 6.16. The Kier molecular flexibility index (Phi) is 4.40. The minimum absolute atomic E-state index is 0.271. The highest BCUT2D eigenvalue weighted by molar-refractivity contribution is 7.91. The Morgan fingerprint density at radius 1 is 1.00 bits per heavy atom. The molecule has 0 radical (unpaired) electrons. The Morgan fingerprint density at radius 2 is 1.64 bits per heavy atom. The summed E-state index contributed by atoms with van der Waals surface area (Å²) in [4.78, 5) is 2.05. The van der Waals surface area contributed by atoms with E-state index in [1.165, 1.54) is 22.5 Å². The predicted molar refractivity (Wildman–Crippen MR) is 86.7 cm³/mol. The van der Waals surface area contributed by atoms with Crippen LogP contribution in [0.15, 0.2) is 40.6 Å². The van der Waals surface area contributed by atoms with Crippen LogP contribution in [0.3, 0.4) is 0 Å². The number of sulfonamides is 1. The van der Waals surface area contributed by atoms with Crippen molar-refractivity contribution < 1.29 is 12.8 Å². The molecule has 0 bridgehead atoms. The summed E-state index contributed by atoms with van der Waals surface area (Å²) >= 11 is 6.89. The summed E-state index contributed by atoms with van der Waals surface area (Å²) in [6.07, 6.45) is 0. The van der Waals surface area contributed by atoms with Gasteiger partial charge in [-0.3, -0.25) is 0 Å². The smallest absolute Gasteiger partial charge is 0.252 e. The molecule has 0 unspecified atom stereocenters. The molecule has 0 saturated carbocycles. The largest absolute Gasteiger partial charge is 0.369 e. The molecule has 1 fully saturated rings. The maximum Gasteiger partial charge on any atom is 0.252 e. The van der Waals surface area contributed by atoms with Gasteiger partial charge in [-0.25, -0.2) is 12.8 Å². The van der Waals surface area contributed by atoms with E-state index in [4.69, 9.17) is 11.6 Å². The third-order valence-electron chi connectivity index (χ3n) is 3.57. The van der Waals surface area contributed by atoms with Crippen molar-refractivity contribution in [2.24, 2.45) is 0 Å². The van der Waals surface area contributed by atoms with Crippen LogP contribution in [0.2, 0.25) is 4.34 Å². The summed E-state index contributed by atoms with van der Waals surface area (Å²) in [6, 6.07) is 9.36. The molecule has 0 aliphatic carbocycles. The van der Waals surface area contributed by atoms with Crippen LogP contribution in [0, 0.1) is 5.82 Å². The van der Waals surface area contributed by atoms with E-state index < -0.39 is 10.0 Å². The zero-order chi connectivity index (χ0) is 15.7. The number of halogens is 2. The SMILES string of the molecule is O=S(=O)(c1ccc(Cl)s1)N1CCN(c2ccc(F)cc2)CC1. The maximum atomic E-state index is 12.9. The summed E-state index contributed by atoms with van der Waals surface area (Å²) in [5.41, 5.74) is 0.901. The molecule has 118 valence electrons. The predicted octanol–water partition coefficient (Wildman–Crippen LogP) is 3.05. The van der Waals surface area contributed by atoms with E-state index in [2.05, 4.69) is 0 Å². The van der Waals surface area contributed by atoms with Crippen LogP contribution in [0.4, 0.5) is 10.1 Å². The molecular weight excluding hydrogens is 347 g/mol. The van der Waals surface area contributed by atoms with Crippen LogP contribution in [-0.4, -0.2) is 38.9 Å². The first-order chi connectivity index (χ1) is 10.5. The highest BCUT2D eigenvalue weighted by Gasteiger charge is 2.29. The molecular formula is C14H14ClFN2O2S2. The molecule has 0 N–H and O–H groups in total. The van der Waals surface area contributed by atoms with Crippen molar-refractivity contribution in [3.8, 4) is 0 Å². The second-order valence-electron chi connectivity index (χ2n) is 4.93. The van der Waals surface area contributed by atoms with Gasteiger partial charge in [-0.2, -0.15) is 4.31 Å². The highest BCUT2D eigenvalue weighted by atomic mass is 35.5. The Bertz CT molecular complexity index is 753. The summed E-state index contributed by atoms with van der Waals surface area (Å²) in [5.74, 6) is -0.278. The molecule has 8 heteroatoms. The molecule has 22 heavy (non-hydrogen) atoms. The van der Waals surface area contributed by atoms with Gasteiger partial charge in [0.05, 0.1) is 4.34 Å². The molecule has 1 saturated heterocycles. The van der Waals surface area contributed by atoms with Crippen LogP contribution >= 0.6 is 22.9 Å². The molecule has 1 aliphatic rings. The number of hydrogen-bond donors (Lipinski definition) is 0. The molecule has 1 aromatic heterocycles. The highest BCUT2D eigenvalue weighted by Crippen LogP contribution is 2.29. The van der Waals surface area contributed by atoms with Crippen molar-refractivity contribution in [3.05, 3.63) is 46.6 Å². The lowest BCUT2D eigenvalue weighted by atomic mass is 10.2. The fraction of sp³-hybridized carbons (Fsp3) is 0.286. The molecule has 0 amide bonds. The van der Waals surface area contributed by atoms with Crippen LogP contribution in [-0.2, 0) is 10.0 Å². The zero-order valence-corrected chi connectivity index (χ0v) is 14.0. The number of anilines is 1. The lowest BCUT2D eigenvalue weighted by Crippen LogP contribution is -2.48.